The normalized spacial score (nSPS) is 18.8. The Morgan fingerprint density at radius 2 is 2.10 bits per heavy atom. The molecule has 0 amide bonds. The summed E-state index contributed by atoms with van der Waals surface area (Å²) in [5.74, 6) is 0.951. The van der Waals surface area contributed by atoms with Crippen LogP contribution in [0, 0.1) is 0 Å². The predicted molar refractivity (Wildman–Crippen MR) is 80.9 cm³/mol. The first kappa shape index (κ1) is 16.1. The average molecular weight is 294 g/mol. The van der Waals surface area contributed by atoms with Crippen molar-refractivity contribution in [2.45, 2.75) is 25.9 Å². The lowest BCUT2D eigenvalue weighted by Crippen LogP contribution is -2.47. The zero-order valence-corrected chi connectivity index (χ0v) is 13.1. The van der Waals surface area contributed by atoms with Gasteiger partial charge in [-0.05, 0) is 16.8 Å². The van der Waals surface area contributed by atoms with Gasteiger partial charge in [0.05, 0.1) is 19.2 Å². The molecule has 7 nitrogen and oxygen atoms in total. The van der Waals surface area contributed by atoms with Crippen LogP contribution in [0.15, 0.2) is 12.7 Å². The first-order valence-corrected chi connectivity index (χ1v) is 7.62. The second-order valence-corrected chi connectivity index (χ2v) is 5.30. The fourth-order valence-corrected chi connectivity index (χ4v) is 2.83. The van der Waals surface area contributed by atoms with Crippen molar-refractivity contribution in [2.24, 2.45) is 0 Å². The molecular weight excluding hydrogens is 268 g/mol. The van der Waals surface area contributed by atoms with Gasteiger partial charge in [0.25, 0.3) is 0 Å². The second kappa shape index (κ2) is 8.21. The summed E-state index contributed by atoms with van der Waals surface area (Å²) in [6, 6.07) is 0.280. The lowest BCUT2D eigenvalue weighted by atomic mass is 10.1. The minimum Gasteiger partial charge on any atom is -0.383 e. The molecule has 0 unspecified atom stereocenters. The molecule has 118 valence electrons. The van der Waals surface area contributed by atoms with Crippen LogP contribution >= 0.6 is 0 Å². The highest BCUT2D eigenvalue weighted by Crippen LogP contribution is 2.23. The maximum Gasteiger partial charge on any atom is 0.168 e. The highest BCUT2D eigenvalue weighted by molar-refractivity contribution is 4.95. The predicted octanol–water partition coefficient (Wildman–Crippen LogP) is 0.574. The standard InChI is InChI=1S/C14H26N6O/c1-4-6-18-7-9-19(10-8-18)13(5-2)14-15-16-17-20(14)11-12-21-3/h4,13H,1,5-12H2,2-3H3/t13-/m1/s1. The minimum absolute atomic E-state index is 0.280. The van der Waals surface area contributed by atoms with Crippen LogP contribution in [0.5, 0.6) is 0 Å². The summed E-state index contributed by atoms with van der Waals surface area (Å²) in [6.45, 7) is 12.5. The van der Waals surface area contributed by atoms with E-state index in [1.165, 1.54) is 0 Å². The highest BCUT2D eigenvalue weighted by Gasteiger charge is 2.27. The van der Waals surface area contributed by atoms with Crippen molar-refractivity contribution in [3.05, 3.63) is 18.5 Å². The van der Waals surface area contributed by atoms with Gasteiger partial charge in [-0.3, -0.25) is 9.80 Å². The van der Waals surface area contributed by atoms with Gasteiger partial charge in [0.15, 0.2) is 5.82 Å². The quantitative estimate of drug-likeness (QED) is 0.654. The Morgan fingerprint density at radius 3 is 2.71 bits per heavy atom. The Kier molecular flexibility index (Phi) is 6.28. The van der Waals surface area contributed by atoms with Crippen molar-refractivity contribution in [1.29, 1.82) is 0 Å². The number of tetrazole rings is 1. The highest BCUT2D eigenvalue weighted by atomic mass is 16.5. The zero-order chi connectivity index (χ0) is 15.1. The van der Waals surface area contributed by atoms with Gasteiger partial charge in [-0.15, -0.1) is 11.7 Å². The Labute approximate surface area is 126 Å². The zero-order valence-electron chi connectivity index (χ0n) is 13.1. The third-order valence-electron chi connectivity index (χ3n) is 3.99. The Bertz CT molecular complexity index is 427. The van der Waals surface area contributed by atoms with E-state index in [1.54, 1.807) is 7.11 Å². The van der Waals surface area contributed by atoms with Gasteiger partial charge >= 0.3 is 0 Å². The van der Waals surface area contributed by atoms with Crippen LogP contribution in [0.1, 0.15) is 25.2 Å². The van der Waals surface area contributed by atoms with Gasteiger partial charge in [0, 0.05) is 39.8 Å². The molecule has 1 atom stereocenters. The molecule has 0 radical (unpaired) electrons. The lowest BCUT2D eigenvalue weighted by molar-refractivity contribution is 0.0932. The minimum atomic E-state index is 0.280. The van der Waals surface area contributed by atoms with Crippen molar-refractivity contribution in [1.82, 2.24) is 30.0 Å². The molecule has 0 bridgehead atoms. The van der Waals surface area contributed by atoms with Crippen LogP contribution in [0.25, 0.3) is 0 Å². The van der Waals surface area contributed by atoms with E-state index < -0.39 is 0 Å². The maximum absolute atomic E-state index is 5.12. The lowest BCUT2D eigenvalue weighted by Gasteiger charge is -2.38. The van der Waals surface area contributed by atoms with E-state index in [1.807, 2.05) is 10.8 Å². The Hall–Kier alpha value is -1.31. The van der Waals surface area contributed by atoms with Gasteiger partial charge in [0.2, 0.25) is 0 Å². The number of hydrogen-bond acceptors (Lipinski definition) is 6. The molecule has 1 aliphatic heterocycles. The number of methoxy groups -OCH3 is 1. The second-order valence-electron chi connectivity index (χ2n) is 5.30. The third kappa shape index (κ3) is 4.09. The summed E-state index contributed by atoms with van der Waals surface area (Å²) in [6.07, 6.45) is 2.98. The molecular formula is C14H26N6O. The van der Waals surface area contributed by atoms with Crippen LogP contribution in [0.4, 0.5) is 0 Å². The van der Waals surface area contributed by atoms with Gasteiger partial charge in [-0.1, -0.05) is 13.0 Å². The molecule has 2 heterocycles. The third-order valence-corrected chi connectivity index (χ3v) is 3.99. The van der Waals surface area contributed by atoms with Crippen molar-refractivity contribution >= 4 is 0 Å². The van der Waals surface area contributed by atoms with E-state index >= 15 is 0 Å². The van der Waals surface area contributed by atoms with Crippen molar-refractivity contribution in [2.75, 3.05) is 46.4 Å². The smallest absolute Gasteiger partial charge is 0.168 e. The van der Waals surface area contributed by atoms with Gasteiger partial charge in [-0.25, -0.2) is 4.68 Å². The maximum atomic E-state index is 5.12. The SMILES string of the molecule is C=CCN1CCN([C@H](CC)c2nnnn2CCOC)CC1. The van der Waals surface area contributed by atoms with E-state index in [0.29, 0.717) is 13.2 Å². The molecule has 0 aliphatic carbocycles. The first-order chi connectivity index (χ1) is 10.3. The molecule has 0 N–H and O–H groups in total. The molecule has 7 heteroatoms. The van der Waals surface area contributed by atoms with E-state index in [9.17, 15) is 0 Å². The van der Waals surface area contributed by atoms with E-state index in [2.05, 4.69) is 38.8 Å². The molecule has 0 saturated carbocycles. The van der Waals surface area contributed by atoms with Crippen LogP contribution < -0.4 is 0 Å². The molecule has 0 spiro atoms. The largest absolute Gasteiger partial charge is 0.383 e. The van der Waals surface area contributed by atoms with Gasteiger partial charge < -0.3 is 4.74 Å². The number of rotatable bonds is 8. The molecule has 2 rings (SSSR count). The molecule has 1 aromatic heterocycles. The summed E-state index contributed by atoms with van der Waals surface area (Å²) in [7, 11) is 1.69. The average Bonchev–Trinajstić information content (AvgIpc) is 2.96. The summed E-state index contributed by atoms with van der Waals surface area (Å²) in [5, 5.41) is 12.2. The monoisotopic (exact) mass is 294 g/mol. The molecule has 1 aromatic rings. The molecule has 1 saturated heterocycles. The van der Waals surface area contributed by atoms with Crippen molar-refractivity contribution < 1.29 is 4.74 Å². The van der Waals surface area contributed by atoms with Crippen LogP contribution in [-0.4, -0.2) is 76.4 Å². The summed E-state index contributed by atoms with van der Waals surface area (Å²) in [5.41, 5.74) is 0. The van der Waals surface area contributed by atoms with Crippen molar-refractivity contribution in [3.8, 4) is 0 Å². The number of piperazine rings is 1. The number of nitrogens with zero attached hydrogens (tertiary/aromatic N) is 6. The summed E-state index contributed by atoms with van der Waals surface area (Å²) >= 11 is 0. The molecule has 1 aliphatic rings. The van der Waals surface area contributed by atoms with Crippen molar-refractivity contribution in [3.63, 3.8) is 0 Å². The van der Waals surface area contributed by atoms with Gasteiger partial charge in [-0.2, -0.15) is 0 Å². The number of aromatic nitrogens is 4. The van der Waals surface area contributed by atoms with Crippen LogP contribution in [-0.2, 0) is 11.3 Å². The van der Waals surface area contributed by atoms with E-state index in [0.717, 1.165) is 45.0 Å². The topological polar surface area (TPSA) is 59.3 Å². The Balaban J connectivity index is 2.00. The first-order valence-electron chi connectivity index (χ1n) is 7.62. The van der Waals surface area contributed by atoms with Crippen LogP contribution in [0.3, 0.4) is 0 Å². The number of ether oxygens (including phenoxy) is 1. The molecule has 0 aromatic carbocycles. The summed E-state index contributed by atoms with van der Waals surface area (Å²) < 4.78 is 6.99. The fourth-order valence-electron chi connectivity index (χ4n) is 2.83. The summed E-state index contributed by atoms with van der Waals surface area (Å²) in [4.78, 5) is 4.90. The number of hydrogen-bond donors (Lipinski definition) is 0. The van der Waals surface area contributed by atoms with Crippen LogP contribution in [0.2, 0.25) is 0 Å². The Morgan fingerprint density at radius 1 is 1.33 bits per heavy atom. The van der Waals surface area contributed by atoms with E-state index in [4.69, 9.17) is 4.74 Å². The molecule has 21 heavy (non-hydrogen) atoms. The fraction of sp³-hybridized carbons (Fsp3) is 0.786. The molecule has 1 fully saturated rings. The van der Waals surface area contributed by atoms with E-state index in [-0.39, 0.29) is 6.04 Å². The van der Waals surface area contributed by atoms with Gasteiger partial charge in [0.1, 0.15) is 0 Å².